The van der Waals surface area contributed by atoms with Crippen molar-refractivity contribution in [2.75, 3.05) is 5.75 Å². The summed E-state index contributed by atoms with van der Waals surface area (Å²) in [6.07, 6.45) is 0.863. The molecule has 2 aromatic rings. The third kappa shape index (κ3) is 2.76. The normalized spacial score (nSPS) is 20.5. The zero-order valence-corrected chi connectivity index (χ0v) is 12.7. The zero-order chi connectivity index (χ0) is 13.5. The first-order valence-corrected chi connectivity index (χ1v) is 7.80. The van der Waals surface area contributed by atoms with Gasteiger partial charge in [-0.25, -0.2) is 0 Å². The Labute approximate surface area is 126 Å². The van der Waals surface area contributed by atoms with E-state index < -0.39 is 4.33 Å². The third-order valence-electron chi connectivity index (χ3n) is 3.18. The summed E-state index contributed by atoms with van der Waals surface area (Å²) in [4.78, 5) is 0. The van der Waals surface area contributed by atoms with Gasteiger partial charge in [0.1, 0.15) is 10.2 Å². The number of rotatable bonds is 4. The van der Waals surface area contributed by atoms with E-state index in [0.29, 0.717) is 5.92 Å². The van der Waals surface area contributed by atoms with Gasteiger partial charge in [0.15, 0.2) is 5.16 Å². The van der Waals surface area contributed by atoms with Crippen LogP contribution in [0.4, 0.5) is 0 Å². The monoisotopic (exact) mass is 313 g/mol. The van der Waals surface area contributed by atoms with Crippen molar-refractivity contribution in [2.45, 2.75) is 22.8 Å². The quantitative estimate of drug-likeness (QED) is 0.634. The Bertz CT molecular complexity index is 583. The van der Waals surface area contributed by atoms with E-state index in [4.69, 9.17) is 23.2 Å². The Hall–Kier alpha value is -0.710. The van der Waals surface area contributed by atoms with E-state index in [9.17, 15) is 0 Å². The molecule has 6 heteroatoms. The van der Waals surface area contributed by atoms with Gasteiger partial charge in [0.25, 0.3) is 0 Å². The van der Waals surface area contributed by atoms with Crippen LogP contribution in [0.15, 0.2) is 35.5 Å². The average Bonchev–Trinajstić information content (AvgIpc) is 2.84. The van der Waals surface area contributed by atoms with Crippen LogP contribution < -0.4 is 0 Å². The van der Waals surface area contributed by atoms with Crippen molar-refractivity contribution in [3.05, 3.63) is 36.2 Å². The number of hydrogen-bond acceptors (Lipinski definition) is 3. The summed E-state index contributed by atoms with van der Waals surface area (Å²) >= 11 is 13.7. The molecule has 0 spiro atoms. The first-order chi connectivity index (χ1) is 9.08. The number of halogens is 2. The molecule has 1 heterocycles. The summed E-state index contributed by atoms with van der Waals surface area (Å²) in [5.74, 6) is 2.10. The van der Waals surface area contributed by atoms with Gasteiger partial charge in [-0.3, -0.25) is 4.57 Å². The minimum absolute atomic E-state index is 0.349. The highest BCUT2D eigenvalue weighted by Gasteiger charge is 2.51. The molecule has 0 bridgehead atoms. The topological polar surface area (TPSA) is 30.7 Å². The van der Waals surface area contributed by atoms with Gasteiger partial charge < -0.3 is 0 Å². The Kier molecular flexibility index (Phi) is 3.50. The molecule has 1 aromatic heterocycles. The highest BCUT2D eigenvalue weighted by Crippen LogP contribution is 2.54. The zero-order valence-electron chi connectivity index (χ0n) is 10.4. The van der Waals surface area contributed by atoms with E-state index >= 15 is 0 Å². The second-order valence-corrected chi connectivity index (χ2v) is 7.20. The average molecular weight is 314 g/mol. The molecule has 0 radical (unpaired) electrons. The lowest BCUT2D eigenvalue weighted by molar-refractivity contribution is 0.862. The number of para-hydroxylation sites is 1. The maximum absolute atomic E-state index is 6.04. The Balaban J connectivity index is 1.79. The van der Waals surface area contributed by atoms with E-state index in [-0.39, 0.29) is 0 Å². The fourth-order valence-electron chi connectivity index (χ4n) is 1.94. The summed E-state index contributed by atoms with van der Waals surface area (Å²) in [5.41, 5.74) is 1.08. The summed E-state index contributed by atoms with van der Waals surface area (Å²) in [5, 5.41) is 9.27. The maximum atomic E-state index is 6.04. The van der Waals surface area contributed by atoms with Gasteiger partial charge in [-0.1, -0.05) is 30.0 Å². The van der Waals surface area contributed by atoms with Gasteiger partial charge in [0.2, 0.25) is 0 Å². The second-order valence-electron chi connectivity index (χ2n) is 4.67. The second kappa shape index (κ2) is 5.00. The lowest BCUT2D eigenvalue weighted by Gasteiger charge is -2.07. The van der Waals surface area contributed by atoms with Crippen LogP contribution in [0.5, 0.6) is 0 Å². The van der Waals surface area contributed by atoms with Crippen molar-refractivity contribution < 1.29 is 0 Å². The highest BCUT2D eigenvalue weighted by molar-refractivity contribution is 7.99. The molecular formula is C13H13Cl2N3S. The lowest BCUT2D eigenvalue weighted by atomic mass is 10.3. The molecule has 1 saturated carbocycles. The molecule has 1 fully saturated rings. The molecule has 1 aliphatic carbocycles. The van der Waals surface area contributed by atoms with Crippen LogP contribution in [0.25, 0.3) is 5.69 Å². The number of nitrogens with zero attached hydrogens (tertiary/aromatic N) is 3. The van der Waals surface area contributed by atoms with Gasteiger partial charge in [-0.15, -0.1) is 33.4 Å². The van der Waals surface area contributed by atoms with Crippen LogP contribution in [0.3, 0.4) is 0 Å². The molecule has 0 N–H and O–H groups in total. The van der Waals surface area contributed by atoms with Crippen LogP contribution in [0.1, 0.15) is 12.2 Å². The molecule has 100 valence electrons. The highest BCUT2D eigenvalue weighted by atomic mass is 35.5. The van der Waals surface area contributed by atoms with Crippen LogP contribution in [-0.2, 0) is 0 Å². The molecule has 0 amide bonds. The smallest absolute Gasteiger partial charge is 0.195 e. The predicted octanol–water partition coefficient (Wildman–Crippen LogP) is 3.86. The lowest BCUT2D eigenvalue weighted by Crippen LogP contribution is -2.00. The number of aromatic nitrogens is 3. The molecule has 1 atom stereocenters. The number of aryl methyl sites for hydroxylation is 1. The van der Waals surface area contributed by atoms with Crippen LogP contribution >= 0.6 is 35.0 Å². The molecule has 3 rings (SSSR count). The summed E-state index contributed by atoms with van der Waals surface area (Å²) in [6, 6.07) is 10.1. The molecule has 1 aliphatic rings. The predicted molar refractivity (Wildman–Crippen MR) is 79.4 cm³/mol. The number of alkyl halides is 2. The number of hydrogen-bond donors (Lipinski definition) is 0. The molecule has 0 unspecified atom stereocenters. The van der Waals surface area contributed by atoms with Crippen molar-refractivity contribution in [3.63, 3.8) is 0 Å². The Morgan fingerprint density at radius 3 is 2.63 bits per heavy atom. The minimum atomic E-state index is -0.528. The van der Waals surface area contributed by atoms with Crippen molar-refractivity contribution >= 4 is 35.0 Å². The number of thioether (sulfide) groups is 1. The van der Waals surface area contributed by atoms with Crippen LogP contribution in [0, 0.1) is 12.8 Å². The van der Waals surface area contributed by atoms with E-state index in [1.807, 2.05) is 37.3 Å². The van der Waals surface area contributed by atoms with Crippen molar-refractivity contribution in [1.82, 2.24) is 14.8 Å². The first kappa shape index (κ1) is 13.3. The number of benzene rings is 1. The molecule has 3 nitrogen and oxygen atoms in total. The Morgan fingerprint density at radius 1 is 1.32 bits per heavy atom. The third-order valence-corrected chi connectivity index (χ3v) is 5.20. The van der Waals surface area contributed by atoms with E-state index in [1.54, 1.807) is 11.8 Å². The van der Waals surface area contributed by atoms with E-state index in [1.165, 1.54) is 0 Å². The fraction of sp³-hybridized carbons (Fsp3) is 0.385. The molecule has 19 heavy (non-hydrogen) atoms. The van der Waals surface area contributed by atoms with Crippen molar-refractivity contribution in [1.29, 1.82) is 0 Å². The van der Waals surface area contributed by atoms with Gasteiger partial charge in [-0.2, -0.15) is 0 Å². The molecule has 1 aromatic carbocycles. The van der Waals surface area contributed by atoms with Crippen LogP contribution in [0.2, 0.25) is 0 Å². The van der Waals surface area contributed by atoms with Gasteiger partial charge in [0, 0.05) is 17.4 Å². The Morgan fingerprint density at radius 2 is 2.00 bits per heavy atom. The largest absolute Gasteiger partial charge is 0.274 e. The van der Waals surface area contributed by atoms with Gasteiger partial charge in [-0.05, 0) is 25.5 Å². The van der Waals surface area contributed by atoms with E-state index in [0.717, 1.165) is 28.8 Å². The molecular weight excluding hydrogens is 301 g/mol. The first-order valence-electron chi connectivity index (χ1n) is 6.06. The summed E-state index contributed by atoms with van der Waals surface area (Å²) in [7, 11) is 0. The van der Waals surface area contributed by atoms with Crippen LogP contribution in [-0.4, -0.2) is 24.9 Å². The standard InChI is InChI=1S/C13H13Cl2N3S/c1-9-16-17-12(19-8-10-7-13(10,14)15)18(9)11-5-3-2-4-6-11/h2-6,10H,7-8H2,1H3/t10-/m1/s1. The minimum Gasteiger partial charge on any atom is -0.274 e. The molecule has 0 aliphatic heterocycles. The fourth-order valence-corrected chi connectivity index (χ4v) is 3.86. The maximum Gasteiger partial charge on any atom is 0.195 e. The van der Waals surface area contributed by atoms with Gasteiger partial charge >= 0.3 is 0 Å². The van der Waals surface area contributed by atoms with E-state index in [2.05, 4.69) is 14.8 Å². The van der Waals surface area contributed by atoms with Gasteiger partial charge in [0.05, 0.1) is 0 Å². The molecule has 0 saturated heterocycles. The van der Waals surface area contributed by atoms with Crippen molar-refractivity contribution in [2.24, 2.45) is 5.92 Å². The SMILES string of the molecule is Cc1nnc(SC[C@H]2CC2(Cl)Cl)n1-c1ccccc1. The summed E-state index contributed by atoms with van der Waals surface area (Å²) < 4.78 is 1.52. The van der Waals surface area contributed by atoms with Crippen molar-refractivity contribution in [3.8, 4) is 5.69 Å². The summed E-state index contributed by atoms with van der Waals surface area (Å²) in [6.45, 7) is 1.95.